The summed E-state index contributed by atoms with van der Waals surface area (Å²) in [5, 5.41) is 5.45. The van der Waals surface area contributed by atoms with E-state index in [2.05, 4.69) is 15.1 Å². The summed E-state index contributed by atoms with van der Waals surface area (Å²) < 4.78 is 0. The summed E-state index contributed by atoms with van der Waals surface area (Å²) in [6.45, 7) is 2.21. The quantitative estimate of drug-likeness (QED) is 0.550. The minimum absolute atomic E-state index is 0.376. The SMILES string of the molecule is C/C(=N\OCc1ccc(Cl)cc1)c1nc2ccc(Cl)cc2[nH]1. The molecule has 0 radical (unpaired) electrons. The van der Waals surface area contributed by atoms with Crippen molar-refractivity contribution >= 4 is 39.9 Å². The second-order valence-electron chi connectivity index (χ2n) is 4.82. The van der Waals surface area contributed by atoms with Gasteiger partial charge >= 0.3 is 0 Å². The Morgan fingerprint density at radius 1 is 1.14 bits per heavy atom. The van der Waals surface area contributed by atoms with Gasteiger partial charge in [-0.15, -0.1) is 0 Å². The number of halogens is 2. The Balaban J connectivity index is 1.71. The van der Waals surface area contributed by atoms with Crippen LogP contribution in [0.5, 0.6) is 0 Å². The normalized spacial score (nSPS) is 11.9. The lowest BCUT2D eigenvalue weighted by atomic mass is 10.2. The maximum atomic E-state index is 5.96. The molecule has 0 spiro atoms. The molecule has 0 saturated heterocycles. The third-order valence-electron chi connectivity index (χ3n) is 3.13. The predicted molar refractivity (Wildman–Crippen MR) is 89.6 cm³/mol. The Kier molecular flexibility index (Phi) is 4.32. The van der Waals surface area contributed by atoms with E-state index in [-0.39, 0.29) is 0 Å². The number of aromatic amines is 1. The van der Waals surface area contributed by atoms with E-state index in [1.54, 1.807) is 6.07 Å². The lowest BCUT2D eigenvalue weighted by Crippen LogP contribution is -1.99. The molecule has 22 heavy (non-hydrogen) atoms. The standard InChI is InChI=1S/C16H13Cl2N3O/c1-10(21-22-9-11-2-4-12(17)5-3-11)16-19-14-7-6-13(18)8-15(14)20-16/h2-8H,9H2,1H3,(H,19,20)/b21-10+. The lowest BCUT2D eigenvalue weighted by Gasteiger charge is -2.01. The van der Waals surface area contributed by atoms with Gasteiger partial charge in [0.05, 0.1) is 11.0 Å². The number of H-pyrrole nitrogens is 1. The van der Waals surface area contributed by atoms with Crippen molar-refractivity contribution in [2.75, 3.05) is 0 Å². The summed E-state index contributed by atoms with van der Waals surface area (Å²) in [6, 6.07) is 12.9. The van der Waals surface area contributed by atoms with Crippen molar-refractivity contribution in [2.24, 2.45) is 5.16 Å². The number of hydrogen-bond donors (Lipinski definition) is 1. The highest BCUT2D eigenvalue weighted by molar-refractivity contribution is 6.31. The van der Waals surface area contributed by atoms with Crippen LogP contribution >= 0.6 is 23.2 Å². The Bertz CT molecular complexity index is 825. The number of imidazole rings is 1. The van der Waals surface area contributed by atoms with Gasteiger partial charge in [0.25, 0.3) is 0 Å². The van der Waals surface area contributed by atoms with E-state index in [1.165, 1.54) is 0 Å². The van der Waals surface area contributed by atoms with Gasteiger partial charge in [0.15, 0.2) is 5.82 Å². The molecule has 0 aliphatic carbocycles. The molecule has 0 amide bonds. The van der Waals surface area contributed by atoms with Crippen molar-refractivity contribution in [3.63, 3.8) is 0 Å². The van der Waals surface area contributed by atoms with Crippen LogP contribution in [-0.4, -0.2) is 15.7 Å². The fourth-order valence-electron chi connectivity index (χ4n) is 1.98. The van der Waals surface area contributed by atoms with Crippen molar-refractivity contribution in [2.45, 2.75) is 13.5 Å². The summed E-state index contributed by atoms with van der Waals surface area (Å²) in [6.07, 6.45) is 0. The molecule has 1 heterocycles. The number of hydrogen-bond acceptors (Lipinski definition) is 3. The summed E-state index contributed by atoms with van der Waals surface area (Å²) in [5.41, 5.74) is 3.38. The minimum atomic E-state index is 0.376. The van der Waals surface area contributed by atoms with Crippen LogP contribution in [0.25, 0.3) is 11.0 Å². The molecule has 3 rings (SSSR count). The highest BCUT2D eigenvalue weighted by Crippen LogP contribution is 2.17. The molecule has 6 heteroatoms. The first-order valence-corrected chi connectivity index (χ1v) is 7.44. The molecular weight excluding hydrogens is 321 g/mol. The first-order chi connectivity index (χ1) is 10.6. The fraction of sp³-hybridized carbons (Fsp3) is 0.125. The molecule has 2 aromatic carbocycles. The van der Waals surface area contributed by atoms with E-state index < -0.39 is 0 Å². The molecule has 0 bridgehead atoms. The number of fused-ring (bicyclic) bond motifs is 1. The second-order valence-corrected chi connectivity index (χ2v) is 5.70. The van der Waals surface area contributed by atoms with Gasteiger partial charge in [-0.3, -0.25) is 0 Å². The topological polar surface area (TPSA) is 50.3 Å². The molecule has 0 aliphatic rings. The van der Waals surface area contributed by atoms with Crippen LogP contribution < -0.4 is 0 Å². The Morgan fingerprint density at radius 2 is 1.86 bits per heavy atom. The monoisotopic (exact) mass is 333 g/mol. The molecule has 1 N–H and O–H groups in total. The first-order valence-electron chi connectivity index (χ1n) is 6.68. The molecule has 0 atom stereocenters. The van der Waals surface area contributed by atoms with E-state index in [0.29, 0.717) is 28.2 Å². The third kappa shape index (κ3) is 3.40. The lowest BCUT2D eigenvalue weighted by molar-refractivity contribution is 0.130. The van der Waals surface area contributed by atoms with Crippen molar-refractivity contribution < 1.29 is 4.84 Å². The Morgan fingerprint density at radius 3 is 2.64 bits per heavy atom. The van der Waals surface area contributed by atoms with Gasteiger partial charge < -0.3 is 9.82 Å². The molecule has 0 unspecified atom stereocenters. The molecule has 112 valence electrons. The van der Waals surface area contributed by atoms with Gasteiger partial charge in [0.1, 0.15) is 12.3 Å². The molecule has 1 aromatic heterocycles. The van der Waals surface area contributed by atoms with E-state index in [4.69, 9.17) is 28.0 Å². The van der Waals surface area contributed by atoms with Crippen molar-refractivity contribution in [1.29, 1.82) is 0 Å². The summed E-state index contributed by atoms with van der Waals surface area (Å²) in [5.74, 6) is 0.661. The van der Waals surface area contributed by atoms with Crippen LogP contribution in [0, 0.1) is 0 Å². The second kappa shape index (κ2) is 6.38. The van der Waals surface area contributed by atoms with E-state index in [0.717, 1.165) is 16.6 Å². The maximum absolute atomic E-state index is 5.96. The number of rotatable bonds is 4. The van der Waals surface area contributed by atoms with Crippen LogP contribution in [0.15, 0.2) is 47.6 Å². The van der Waals surface area contributed by atoms with Crippen LogP contribution in [0.4, 0.5) is 0 Å². The first kappa shape index (κ1) is 14.9. The Hall–Kier alpha value is -2.04. The largest absolute Gasteiger partial charge is 0.391 e. The molecule has 3 aromatic rings. The number of benzene rings is 2. The van der Waals surface area contributed by atoms with Gasteiger partial charge in [-0.1, -0.05) is 40.5 Å². The van der Waals surface area contributed by atoms with E-state index in [9.17, 15) is 0 Å². The fourth-order valence-corrected chi connectivity index (χ4v) is 2.28. The van der Waals surface area contributed by atoms with Crippen molar-refractivity contribution in [3.8, 4) is 0 Å². The zero-order valence-electron chi connectivity index (χ0n) is 11.8. The molecule has 4 nitrogen and oxygen atoms in total. The molecule has 0 saturated carbocycles. The van der Waals surface area contributed by atoms with Gasteiger partial charge in [-0.2, -0.15) is 0 Å². The summed E-state index contributed by atoms with van der Waals surface area (Å²) >= 11 is 11.8. The van der Waals surface area contributed by atoms with Crippen LogP contribution in [-0.2, 0) is 11.4 Å². The number of oxime groups is 1. The Labute approximate surface area is 137 Å². The predicted octanol–water partition coefficient (Wildman–Crippen LogP) is 4.81. The highest BCUT2D eigenvalue weighted by atomic mass is 35.5. The maximum Gasteiger partial charge on any atom is 0.156 e. The number of nitrogens with one attached hydrogen (secondary N) is 1. The average Bonchev–Trinajstić information content (AvgIpc) is 2.92. The van der Waals surface area contributed by atoms with Crippen molar-refractivity contribution in [3.05, 3.63) is 63.9 Å². The number of nitrogens with zero attached hydrogens (tertiary/aromatic N) is 2. The molecule has 0 aliphatic heterocycles. The summed E-state index contributed by atoms with van der Waals surface area (Å²) in [4.78, 5) is 13.0. The van der Waals surface area contributed by atoms with Gasteiger partial charge in [-0.05, 0) is 42.8 Å². The van der Waals surface area contributed by atoms with E-state index in [1.807, 2.05) is 43.3 Å². The third-order valence-corrected chi connectivity index (χ3v) is 3.62. The van der Waals surface area contributed by atoms with E-state index >= 15 is 0 Å². The average molecular weight is 334 g/mol. The molecular formula is C16H13Cl2N3O. The highest BCUT2D eigenvalue weighted by Gasteiger charge is 2.06. The zero-order valence-corrected chi connectivity index (χ0v) is 13.3. The minimum Gasteiger partial charge on any atom is -0.391 e. The van der Waals surface area contributed by atoms with Gasteiger partial charge in [0.2, 0.25) is 0 Å². The summed E-state index contributed by atoms with van der Waals surface area (Å²) in [7, 11) is 0. The zero-order chi connectivity index (χ0) is 15.5. The van der Waals surface area contributed by atoms with Crippen LogP contribution in [0.2, 0.25) is 10.0 Å². The molecule has 0 fully saturated rings. The van der Waals surface area contributed by atoms with Crippen LogP contribution in [0.3, 0.4) is 0 Å². The van der Waals surface area contributed by atoms with Gasteiger partial charge in [-0.25, -0.2) is 4.98 Å². The number of aromatic nitrogens is 2. The van der Waals surface area contributed by atoms with Crippen molar-refractivity contribution in [1.82, 2.24) is 9.97 Å². The smallest absolute Gasteiger partial charge is 0.156 e. The van der Waals surface area contributed by atoms with Gasteiger partial charge in [0, 0.05) is 10.0 Å². The van der Waals surface area contributed by atoms with Crippen LogP contribution in [0.1, 0.15) is 18.3 Å².